The molecule has 3 nitrogen and oxygen atoms in total. The minimum atomic E-state index is -0.0912. The maximum Gasteiger partial charge on any atom is 0.220 e. The summed E-state index contributed by atoms with van der Waals surface area (Å²) in [6.45, 7) is 4.39. The van der Waals surface area contributed by atoms with Gasteiger partial charge < -0.3 is 5.32 Å². The number of rotatable bonds is 4. The van der Waals surface area contributed by atoms with Gasteiger partial charge in [0.1, 0.15) is 0 Å². The number of carbonyl (C=O) groups is 1. The summed E-state index contributed by atoms with van der Waals surface area (Å²) in [7, 11) is 0. The Morgan fingerprint density at radius 3 is 2.78 bits per heavy atom. The number of halogens is 1. The quantitative estimate of drug-likeness (QED) is 0.928. The van der Waals surface area contributed by atoms with Crippen molar-refractivity contribution in [2.45, 2.75) is 45.1 Å². The molecule has 0 aliphatic carbocycles. The topological polar surface area (TPSA) is 42.0 Å². The van der Waals surface area contributed by atoms with Crippen LogP contribution in [0.25, 0.3) is 0 Å². The van der Waals surface area contributed by atoms with Crippen molar-refractivity contribution in [2.75, 3.05) is 0 Å². The maximum absolute atomic E-state index is 11.5. The first kappa shape index (κ1) is 13.5. The Morgan fingerprint density at radius 2 is 2.28 bits per heavy atom. The minimum absolute atomic E-state index is 0.0912. The molecular weight excluding hydrogens is 292 g/mol. The lowest BCUT2D eigenvalue weighted by atomic mass is 9.83. The summed E-state index contributed by atoms with van der Waals surface area (Å²) in [6, 6.07) is 4.03. The summed E-state index contributed by atoms with van der Waals surface area (Å²) in [5.74, 6) is 0.742. The van der Waals surface area contributed by atoms with Gasteiger partial charge in [-0.25, -0.2) is 0 Å². The summed E-state index contributed by atoms with van der Waals surface area (Å²) in [5, 5.41) is 3.17. The van der Waals surface area contributed by atoms with Crippen molar-refractivity contribution in [1.82, 2.24) is 10.3 Å². The summed E-state index contributed by atoms with van der Waals surface area (Å²) >= 11 is 3.39. The highest BCUT2D eigenvalue weighted by Gasteiger charge is 2.38. The number of pyridine rings is 1. The van der Waals surface area contributed by atoms with E-state index in [-0.39, 0.29) is 11.4 Å². The molecule has 0 aromatic carbocycles. The van der Waals surface area contributed by atoms with E-state index in [0.29, 0.717) is 12.3 Å². The third-order valence-corrected chi connectivity index (χ3v) is 3.81. The first-order valence-electron chi connectivity index (χ1n) is 6.40. The number of hydrogen-bond donors (Lipinski definition) is 1. The Morgan fingerprint density at radius 1 is 1.50 bits per heavy atom. The highest BCUT2D eigenvalue weighted by atomic mass is 79.9. The van der Waals surface area contributed by atoms with Gasteiger partial charge in [-0.15, -0.1) is 0 Å². The zero-order valence-electron chi connectivity index (χ0n) is 10.9. The van der Waals surface area contributed by atoms with E-state index in [2.05, 4.69) is 40.1 Å². The minimum Gasteiger partial charge on any atom is -0.350 e. The molecule has 18 heavy (non-hydrogen) atoms. The van der Waals surface area contributed by atoms with Crippen LogP contribution in [0.3, 0.4) is 0 Å². The number of aromatic nitrogens is 1. The van der Waals surface area contributed by atoms with Crippen LogP contribution in [0.1, 0.15) is 38.8 Å². The molecule has 1 aromatic rings. The highest BCUT2D eigenvalue weighted by molar-refractivity contribution is 9.10. The Balaban J connectivity index is 2.15. The van der Waals surface area contributed by atoms with Gasteiger partial charge in [0.05, 0.1) is 0 Å². The van der Waals surface area contributed by atoms with Crippen LogP contribution in [-0.4, -0.2) is 16.4 Å². The molecule has 1 fully saturated rings. The largest absolute Gasteiger partial charge is 0.350 e. The fourth-order valence-electron chi connectivity index (χ4n) is 2.77. The van der Waals surface area contributed by atoms with Gasteiger partial charge in [0, 0.05) is 34.7 Å². The smallest absolute Gasteiger partial charge is 0.220 e. The van der Waals surface area contributed by atoms with Gasteiger partial charge in [0.2, 0.25) is 5.91 Å². The zero-order valence-corrected chi connectivity index (χ0v) is 12.5. The van der Waals surface area contributed by atoms with Crippen LogP contribution in [-0.2, 0) is 11.2 Å². The first-order chi connectivity index (χ1) is 8.49. The Hall–Kier alpha value is -0.900. The standard InChI is InChI=1S/C14H19BrN2O/c1-10(2)7-14(6-5-13(18)17-14)8-12-4-3-11(15)9-16-12/h3-4,9-10H,5-8H2,1-2H3,(H,17,18). The summed E-state index contributed by atoms with van der Waals surface area (Å²) < 4.78 is 0.986. The van der Waals surface area contributed by atoms with E-state index in [4.69, 9.17) is 0 Å². The number of nitrogens with one attached hydrogen (secondary N) is 1. The molecule has 1 amide bonds. The molecular formula is C14H19BrN2O. The molecule has 0 spiro atoms. The van der Waals surface area contributed by atoms with E-state index in [1.54, 1.807) is 0 Å². The van der Waals surface area contributed by atoms with Gasteiger partial charge in [-0.3, -0.25) is 9.78 Å². The lowest BCUT2D eigenvalue weighted by Crippen LogP contribution is -2.44. The van der Waals surface area contributed by atoms with Gasteiger partial charge in [-0.2, -0.15) is 0 Å². The van der Waals surface area contributed by atoms with Crippen LogP contribution in [0.4, 0.5) is 0 Å². The van der Waals surface area contributed by atoms with Crippen LogP contribution in [0.2, 0.25) is 0 Å². The van der Waals surface area contributed by atoms with E-state index in [9.17, 15) is 4.79 Å². The Kier molecular flexibility index (Phi) is 4.05. The second kappa shape index (κ2) is 5.39. The van der Waals surface area contributed by atoms with E-state index in [1.165, 1.54) is 0 Å². The van der Waals surface area contributed by atoms with Crippen LogP contribution < -0.4 is 5.32 Å². The first-order valence-corrected chi connectivity index (χ1v) is 7.20. The van der Waals surface area contributed by atoms with Gasteiger partial charge in [0.15, 0.2) is 0 Å². The molecule has 0 radical (unpaired) electrons. The molecule has 4 heteroatoms. The van der Waals surface area contributed by atoms with E-state index >= 15 is 0 Å². The van der Waals surface area contributed by atoms with Crippen molar-refractivity contribution < 1.29 is 4.79 Å². The zero-order chi connectivity index (χ0) is 13.2. The number of carbonyl (C=O) groups excluding carboxylic acids is 1. The molecule has 0 bridgehead atoms. The van der Waals surface area contributed by atoms with Gasteiger partial charge in [-0.05, 0) is 46.8 Å². The van der Waals surface area contributed by atoms with Gasteiger partial charge in [-0.1, -0.05) is 13.8 Å². The van der Waals surface area contributed by atoms with Gasteiger partial charge in [0.25, 0.3) is 0 Å². The molecule has 1 saturated heterocycles. The van der Waals surface area contributed by atoms with Crippen molar-refractivity contribution in [1.29, 1.82) is 0 Å². The predicted molar refractivity (Wildman–Crippen MR) is 75.2 cm³/mol. The molecule has 1 atom stereocenters. The molecule has 1 N–H and O–H groups in total. The second-order valence-electron chi connectivity index (χ2n) is 5.57. The van der Waals surface area contributed by atoms with E-state index in [1.807, 2.05) is 18.3 Å². The number of hydrogen-bond acceptors (Lipinski definition) is 2. The molecule has 98 valence electrons. The van der Waals surface area contributed by atoms with Crippen LogP contribution in [0.15, 0.2) is 22.8 Å². The summed E-state index contributed by atoms with van der Waals surface area (Å²) in [6.07, 6.45) is 5.21. The van der Waals surface area contributed by atoms with Crippen molar-refractivity contribution in [3.8, 4) is 0 Å². The molecule has 1 unspecified atom stereocenters. The molecule has 2 heterocycles. The lowest BCUT2D eigenvalue weighted by Gasteiger charge is -2.30. The highest BCUT2D eigenvalue weighted by Crippen LogP contribution is 2.30. The second-order valence-corrected chi connectivity index (χ2v) is 6.49. The average molecular weight is 311 g/mol. The lowest BCUT2D eigenvalue weighted by molar-refractivity contribution is -0.119. The molecule has 1 aromatic heterocycles. The Bertz CT molecular complexity index is 430. The van der Waals surface area contributed by atoms with Crippen molar-refractivity contribution >= 4 is 21.8 Å². The van der Waals surface area contributed by atoms with E-state index in [0.717, 1.165) is 29.4 Å². The number of nitrogens with zero attached hydrogens (tertiary/aromatic N) is 1. The third-order valence-electron chi connectivity index (χ3n) is 3.34. The fourth-order valence-corrected chi connectivity index (χ4v) is 3.01. The van der Waals surface area contributed by atoms with Crippen molar-refractivity contribution in [2.24, 2.45) is 5.92 Å². The molecule has 1 aliphatic heterocycles. The SMILES string of the molecule is CC(C)CC1(Cc2ccc(Br)cn2)CCC(=O)N1. The van der Waals surface area contributed by atoms with Crippen LogP contribution >= 0.6 is 15.9 Å². The monoisotopic (exact) mass is 310 g/mol. The van der Waals surface area contributed by atoms with Crippen LogP contribution in [0, 0.1) is 5.92 Å². The third kappa shape index (κ3) is 3.31. The van der Waals surface area contributed by atoms with E-state index < -0.39 is 0 Å². The normalized spacial score (nSPS) is 23.4. The van der Waals surface area contributed by atoms with Crippen molar-refractivity contribution in [3.05, 3.63) is 28.5 Å². The summed E-state index contributed by atoms with van der Waals surface area (Å²) in [4.78, 5) is 16.0. The molecule has 1 aliphatic rings. The maximum atomic E-state index is 11.5. The molecule has 2 rings (SSSR count). The average Bonchev–Trinajstić information content (AvgIpc) is 2.62. The number of amides is 1. The van der Waals surface area contributed by atoms with Crippen LogP contribution in [0.5, 0.6) is 0 Å². The summed E-state index contributed by atoms with van der Waals surface area (Å²) in [5.41, 5.74) is 0.951. The molecule has 0 saturated carbocycles. The predicted octanol–water partition coefficient (Wildman–Crippen LogP) is 3.08. The fraction of sp³-hybridized carbons (Fsp3) is 0.571. The van der Waals surface area contributed by atoms with Gasteiger partial charge >= 0.3 is 0 Å². The Labute approximate surface area is 117 Å². The van der Waals surface area contributed by atoms with Crippen molar-refractivity contribution in [3.63, 3.8) is 0 Å².